The molecule has 0 aromatic heterocycles. The topological polar surface area (TPSA) is 52.6 Å². The maximum Gasteiger partial charge on any atom is 0.338 e. The Balaban J connectivity index is 2.78. The number of rotatable bonds is 7. The summed E-state index contributed by atoms with van der Waals surface area (Å²) in [6.07, 6.45) is -0.333. The van der Waals surface area contributed by atoms with Gasteiger partial charge in [0.2, 0.25) is 0 Å². The van der Waals surface area contributed by atoms with Crippen LogP contribution in [0.2, 0.25) is 0 Å². The molecule has 0 N–H and O–H groups in total. The molecule has 0 aliphatic rings. The number of benzene rings is 1. The second kappa shape index (κ2) is 6.78. The van der Waals surface area contributed by atoms with Crippen LogP contribution in [0, 0.1) is 5.82 Å². The SMILES string of the molecule is CCOP(=O)(CC(=O)c1ccc(F)cc1)OCC. The molecule has 0 bridgehead atoms. The number of Topliss-reactive ketones (excluding diaryl/α,β-unsaturated/α-hetero) is 1. The number of ketones is 1. The summed E-state index contributed by atoms with van der Waals surface area (Å²) >= 11 is 0. The summed E-state index contributed by atoms with van der Waals surface area (Å²) in [6.45, 7) is 3.75. The monoisotopic (exact) mass is 274 g/mol. The first-order chi connectivity index (χ1) is 8.50. The van der Waals surface area contributed by atoms with Crippen molar-refractivity contribution < 1.29 is 22.8 Å². The van der Waals surface area contributed by atoms with Crippen LogP contribution >= 0.6 is 7.60 Å². The minimum absolute atomic E-state index is 0.202. The Bertz CT molecular complexity index is 434. The van der Waals surface area contributed by atoms with Crippen LogP contribution in [0.25, 0.3) is 0 Å². The number of hydrogen-bond donors (Lipinski definition) is 0. The largest absolute Gasteiger partial charge is 0.338 e. The first-order valence-electron chi connectivity index (χ1n) is 5.67. The summed E-state index contributed by atoms with van der Waals surface area (Å²) in [5, 5.41) is 0. The van der Waals surface area contributed by atoms with Crippen LogP contribution < -0.4 is 0 Å². The van der Waals surface area contributed by atoms with Crippen molar-refractivity contribution in [1.29, 1.82) is 0 Å². The van der Waals surface area contributed by atoms with Crippen LogP contribution in [0.1, 0.15) is 24.2 Å². The zero-order valence-corrected chi connectivity index (χ0v) is 11.3. The lowest BCUT2D eigenvalue weighted by Crippen LogP contribution is -2.10. The van der Waals surface area contributed by atoms with Crippen LogP contribution in [0.4, 0.5) is 4.39 Å². The molecule has 6 heteroatoms. The number of halogens is 1. The van der Waals surface area contributed by atoms with E-state index in [2.05, 4.69) is 0 Å². The second-order valence-electron chi connectivity index (χ2n) is 3.53. The van der Waals surface area contributed by atoms with Gasteiger partial charge in [0.25, 0.3) is 0 Å². The van der Waals surface area contributed by atoms with E-state index < -0.39 is 13.4 Å². The van der Waals surface area contributed by atoms with Crippen molar-refractivity contribution in [1.82, 2.24) is 0 Å². The highest BCUT2D eigenvalue weighted by Crippen LogP contribution is 2.48. The van der Waals surface area contributed by atoms with Gasteiger partial charge >= 0.3 is 7.60 Å². The summed E-state index contributed by atoms with van der Waals surface area (Å²) in [6, 6.07) is 5.05. The Morgan fingerprint density at radius 2 is 1.67 bits per heavy atom. The highest BCUT2D eigenvalue weighted by molar-refractivity contribution is 7.54. The maximum absolute atomic E-state index is 12.7. The number of hydrogen-bond acceptors (Lipinski definition) is 4. The van der Waals surface area contributed by atoms with Gasteiger partial charge in [0.1, 0.15) is 12.0 Å². The fourth-order valence-electron chi connectivity index (χ4n) is 1.42. The van der Waals surface area contributed by atoms with E-state index in [4.69, 9.17) is 9.05 Å². The Kier molecular flexibility index (Phi) is 5.66. The van der Waals surface area contributed by atoms with Gasteiger partial charge in [-0.15, -0.1) is 0 Å². The third kappa shape index (κ3) is 4.33. The summed E-state index contributed by atoms with van der Waals surface area (Å²) in [5.74, 6) is -0.815. The van der Waals surface area contributed by atoms with Crippen molar-refractivity contribution in [3.8, 4) is 0 Å². The molecule has 1 aromatic carbocycles. The lowest BCUT2D eigenvalue weighted by Gasteiger charge is -2.16. The van der Waals surface area contributed by atoms with Crippen molar-refractivity contribution in [2.75, 3.05) is 19.4 Å². The predicted molar refractivity (Wildman–Crippen MR) is 66.5 cm³/mol. The molecule has 4 nitrogen and oxygen atoms in total. The molecule has 0 unspecified atom stereocenters. The number of carbonyl (C=O) groups excluding carboxylic acids is 1. The standard InChI is InChI=1S/C12H16FO4P/c1-3-16-18(15,17-4-2)9-12(14)10-5-7-11(13)8-6-10/h5-8H,3-4,9H2,1-2H3. The fourth-order valence-corrected chi connectivity index (χ4v) is 3.00. The molecular weight excluding hydrogens is 258 g/mol. The zero-order valence-electron chi connectivity index (χ0n) is 10.4. The van der Waals surface area contributed by atoms with Gasteiger partial charge in [0, 0.05) is 5.56 Å². The van der Waals surface area contributed by atoms with Gasteiger partial charge < -0.3 is 9.05 Å². The Morgan fingerprint density at radius 3 is 2.11 bits per heavy atom. The molecule has 0 radical (unpaired) electrons. The van der Waals surface area contributed by atoms with E-state index in [-0.39, 0.29) is 30.7 Å². The summed E-state index contributed by atoms with van der Waals surface area (Å²) in [5.41, 5.74) is 0.288. The predicted octanol–water partition coefficient (Wildman–Crippen LogP) is 3.27. The van der Waals surface area contributed by atoms with Gasteiger partial charge in [0.05, 0.1) is 13.2 Å². The second-order valence-corrected chi connectivity index (χ2v) is 5.59. The molecule has 0 heterocycles. The quantitative estimate of drug-likeness (QED) is 0.565. The molecule has 0 fully saturated rings. The van der Waals surface area contributed by atoms with Gasteiger partial charge in [-0.2, -0.15) is 0 Å². The average molecular weight is 274 g/mol. The molecule has 0 amide bonds. The molecule has 100 valence electrons. The molecule has 1 aromatic rings. The lowest BCUT2D eigenvalue weighted by atomic mass is 10.1. The third-order valence-corrected chi connectivity index (χ3v) is 4.13. The van der Waals surface area contributed by atoms with E-state index in [0.717, 1.165) is 0 Å². The molecule has 18 heavy (non-hydrogen) atoms. The van der Waals surface area contributed by atoms with Crippen molar-refractivity contribution in [3.05, 3.63) is 35.6 Å². The van der Waals surface area contributed by atoms with Crippen molar-refractivity contribution in [2.45, 2.75) is 13.8 Å². The average Bonchev–Trinajstić information content (AvgIpc) is 2.30. The molecule has 0 atom stereocenters. The van der Waals surface area contributed by atoms with Crippen LogP contribution in [0.3, 0.4) is 0 Å². The Morgan fingerprint density at radius 1 is 1.17 bits per heavy atom. The Labute approximate surface area is 106 Å². The number of carbonyl (C=O) groups is 1. The van der Waals surface area contributed by atoms with E-state index in [1.165, 1.54) is 24.3 Å². The van der Waals surface area contributed by atoms with E-state index in [9.17, 15) is 13.8 Å². The normalized spacial score (nSPS) is 11.5. The molecule has 0 aliphatic carbocycles. The zero-order chi connectivity index (χ0) is 13.6. The van der Waals surface area contributed by atoms with E-state index in [1.54, 1.807) is 13.8 Å². The molecular formula is C12H16FO4P. The van der Waals surface area contributed by atoms with Gasteiger partial charge in [0.15, 0.2) is 5.78 Å². The van der Waals surface area contributed by atoms with Gasteiger partial charge in [-0.1, -0.05) is 0 Å². The van der Waals surface area contributed by atoms with Crippen molar-refractivity contribution >= 4 is 13.4 Å². The van der Waals surface area contributed by atoms with E-state index in [0.29, 0.717) is 0 Å². The summed E-state index contributed by atoms with van der Waals surface area (Å²) < 4.78 is 34.9. The van der Waals surface area contributed by atoms with Crippen molar-refractivity contribution in [3.63, 3.8) is 0 Å². The lowest BCUT2D eigenvalue weighted by molar-refractivity contribution is 0.100. The molecule has 0 aliphatic heterocycles. The van der Waals surface area contributed by atoms with Crippen LogP contribution in [0.5, 0.6) is 0 Å². The van der Waals surface area contributed by atoms with Gasteiger partial charge in [-0.3, -0.25) is 9.36 Å². The highest BCUT2D eigenvalue weighted by atomic mass is 31.2. The third-order valence-electron chi connectivity index (χ3n) is 2.16. The fraction of sp³-hybridized carbons (Fsp3) is 0.417. The van der Waals surface area contributed by atoms with Crippen molar-refractivity contribution in [2.24, 2.45) is 0 Å². The highest BCUT2D eigenvalue weighted by Gasteiger charge is 2.28. The summed E-state index contributed by atoms with van der Waals surface area (Å²) in [4.78, 5) is 11.9. The molecule has 0 saturated carbocycles. The van der Waals surface area contributed by atoms with Gasteiger partial charge in [-0.05, 0) is 38.1 Å². The Hall–Kier alpha value is -1.03. The van der Waals surface area contributed by atoms with E-state index in [1.807, 2.05) is 0 Å². The van der Waals surface area contributed by atoms with Crippen LogP contribution in [-0.4, -0.2) is 25.2 Å². The molecule has 1 rings (SSSR count). The van der Waals surface area contributed by atoms with Gasteiger partial charge in [-0.25, -0.2) is 4.39 Å². The first-order valence-corrected chi connectivity index (χ1v) is 7.40. The smallest absolute Gasteiger partial charge is 0.309 e. The maximum atomic E-state index is 12.7. The summed E-state index contributed by atoms with van der Waals surface area (Å²) in [7, 11) is -3.40. The molecule has 0 spiro atoms. The minimum atomic E-state index is -3.40. The minimum Gasteiger partial charge on any atom is -0.309 e. The van der Waals surface area contributed by atoms with E-state index >= 15 is 0 Å². The first kappa shape index (κ1) is 15.0. The van der Waals surface area contributed by atoms with Crippen LogP contribution in [0.15, 0.2) is 24.3 Å². The van der Waals surface area contributed by atoms with Crippen LogP contribution in [-0.2, 0) is 13.6 Å². The molecule has 0 saturated heterocycles.